The second kappa shape index (κ2) is 9.17. The van der Waals surface area contributed by atoms with Gasteiger partial charge in [0.2, 0.25) is 0 Å². The van der Waals surface area contributed by atoms with Gasteiger partial charge in [0.1, 0.15) is 10.6 Å². The zero-order valence-corrected chi connectivity index (χ0v) is 19.7. The quantitative estimate of drug-likeness (QED) is 0.184. The van der Waals surface area contributed by atoms with Gasteiger partial charge in [0.25, 0.3) is 17.5 Å². The molecule has 1 aromatic heterocycles. The third kappa shape index (κ3) is 4.82. The highest BCUT2D eigenvalue weighted by Gasteiger charge is 2.34. The maximum atomic E-state index is 13.1. The third-order valence-corrected chi connectivity index (χ3v) is 6.80. The van der Waals surface area contributed by atoms with Crippen LogP contribution in [-0.4, -0.2) is 32.0 Å². The summed E-state index contributed by atoms with van der Waals surface area (Å²) in [6.07, 6.45) is 1.32. The van der Waals surface area contributed by atoms with Gasteiger partial charge in [-0.1, -0.05) is 41.3 Å². The number of nitro groups is 1. The number of hydrogen-bond acceptors (Lipinski definition) is 9. The zero-order chi connectivity index (χ0) is 23.7. The normalized spacial score (nSPS) is 15.2. The lowest BCUT2D eigenvalue weighted by Gasteiger charge is -2.29. The number of thiocarbonyl (C=S) groups is 1. The maximum absolute atomic E-state index is 13.1. The predicted molar refractivity (Wildman–Crippen MR) is 129 cm³/mol. The van der Waals surface area contributed by atoms with Gasteiger partial charge < -0.3 is 0 Å². The van der Waals surface area contributed by atoms with Gasteiger partial charge in [0, 0.05) is 6.07 Å². The molecule has 4 rings (SSSR count). The second-order valence-corrected chi connectivity index (χ2v) is 9.83. The van der Waals surface area contributed by atoms with Gasteiger partial charge in [-0.05, 0) is 61.5 Å². The minimum atomic E-state index is -0.667. The van der Waals surface area contributed by atoms with E-state index in [0.717, 1.165) is 22.3 Å². The van der Waals surface area contributed by atoms with E-state index < -0.39 is 16.7 Å². The standard InChI is InChI=1S/C21H15N5O4S3/c1-11-4-3-5-14(8-11)25-19(28)15(18(27)22-20(25)31)9-13-6-7-17(16(10-13)26(29)30)33-21-24-23-12(2)32-21/h3-10H,1-2H3,(H,22,27,31)/b15-9+. The first-order valence-electron chi connectivity index (χ1n) is 9.47. The van der Waals surface area contributed by atoms with Gasteiger partial charge in [-0.2, -0.15) is 0 Å². The van der Waals surface area contributed by atoms with E-state index in [1.165, 1.54) is 28.4 Å². The Labute approximate surface area is 201 Å². The van der Waals surface area contributed by atoms with Crippen molar-refractivity contribution in [2.45, 2.75) is 23.1 Å². The number of hydrogen-bond donors (Lipinski definition) is 1. The molecule has 0 bridgehead atoms. The molecule has 3 aromatic rings. The molecule has 1 saturated heterocycles. The fourth-order valence-electron chi connectivity index (χ4n) is 3.09. The molecule has 1 fully saturated rings. The molecule has 1 N–H and O–H groups in total. The fourth-order valence-corrected chi connectivity index (χ4v) is 5.23. The summed E-state index contributed by atoms with van der Waals surface area (Å²) in [5, 5.41) is 22.8. The van der Waals surface area contributed by atoms with Crippen LogP contribution in [0.15, 0.2) is 57.3 Å². The van der Waals surface area contributed by atoms with Crippen LogP contribution in [0.2, 0.25) is 0 Å². The number of nitrogens with zero attached hydrogens (tertiary/aromatic N) is 4. The number of carbonyl (C=O) groups excluding carboxylic acids is 2. The molecule has 1 aliphatic rings. The molecular formula is C21H15N5O4S3. The molecule has 12 heteroatoms. The van der Waals surface area contributed by atoms with Crippen molar-refractivity contribution in [2.75, 3.05) is 4.90 Å². The van der Waals surface area contributed by atoms with Gasteiger partial charge in [0.05, 0.1) is 15.5 Å². The van der Waals surface area contributed by atoms with E-state index in [9.17, 15) is 19.7 Å². The van der Waals surface area contributed by atoms with Crippen LogP contribution in [0.3, 0.4) is 0 Å². The lowest BCUT2D eigenvalue weighted by atomic mass is 10.1. The molecule has 2 heterocycles. The SMILES string of the molecule is Cc1cccc(N2C(=O)/C(=C/c3ccc(Sc4nnc(C)s4)c([N+](=O)[O-])c3)C(=O)NC2=S)c1. The summed E-state index contributed by atoms with van der Waals surface area (Å²) in [7, 11) is 0. The molecule has 0 unspecified atom stereocenters. The predicted octanol–water partition coefficient (Wildman–Crippen LogP) is 4.05. The number of benzene rings is 2. The van der Waals surface area contributed by atoms with Crippen molar-refractivity contribution in [1.29, 1.82) is 0 Å². The van der Waals surface area contributed by atoms with Crippen LogP contribution >= 0.6 is 35.3 Å². The summed E-state index contributed by atoms with van der Waals surface area (Å²) in [6, 6.07) is 11.6. The van der Waals surface area contributed by atoms with Gasteiger partial charge in [-0.3, -0.25) is 29.9 Å². The number of carbonyl (C=O) groups is 2. The van der Waals surface area contributed by atoms with Crippen molar-refractivity contribution in [3.63, 3.8) is 0 Å². The molecular weight excluding hydrogens is 482 g/mol. The van der Waals surface area contributed by atoms with Gasteiger partial charge in [-0.25, -0.2) is 0 Å². The zero-order valence-electron chi connectivity index (χ0n) is 17.3. The molecule has 9 nitrogen and oxygen atoms in total. The van der Waals surface area contributed by atoms with Gasteiger partial charge in [0.15, 0.2) is 9.45 Å². The highest BCUT2D eigenvalue weighted by atomic mass is 32.2. The Bertz CT molecular complexity index is 1350. The number of anilines is 1. The first-order chi connectivity index (χ1) is 15.7. The van der Waals surface area contributed by atoms with Crippen LogP contribution in [0, 0.1) is 24.0 Å². The average molecular weight is 498 g/mol. The molecule has 2 amide bonds. The number of aromatic nitrogens is 2. The van der Waals surface area contributed by atoms with E-state index in [1.807, 2.05) is 13.0 Å². The fraction of sp³-hybridized carbons (Fsp3) is 0.0952. The molecule has 0 spiro atoms. The Kier molecular flexibility index (Phi) is 6.31. The number of rotatable bonds is 5. The van der Waals surface area contributed by atoms with Crippen molar-refractivity contribution in [1.82, 2.24) is 15.5 Å². The number of aryl methyl sites for hydroxylation is 2. The first-order valence-corrected chi connectivity index (χ1v) is 11.5. The second-order valence-electron chi connectivity index (χ2n) is 6.97. The summed E-state index contributed by atoms with van der Waals surface area (Å²) < 4.78 is 0.575. The van der Waals surface area contributed by atoms with E-state index in [2.05, 4.69) is 15.5 Å². The Morgan fingerprint density at radius 3 is 2.64 bits per heavy atom. The summed E-state index contributed by atoms with van der Waals surface area (Å²) in [6.45, 7) is 3.67. The smallest absolute Gasteiger partial charge is 0.283 e. The topological polar surface area (TPSA) is 118 Å². The van der Waals surface area contributed by atoms with E-state index >= 15 is 0 Å². The van der Waals surface area contributed by atoms with Crippen LogP contribution in [-0.2, 0) is 9.59 Å². The van der Waals surface area contributed by atoms with Crippen molar-refractivity contribution in [3.8, 4) is 0 Å². The van der Waals surface area contributed by atoms with Crippen molar-refractivity contribution in [2.24, 2.45) is 0 Å². The van der Waals surface area contributed by atoms with E-state index in [-0.39, 0.29) is 16.4 Å². The average Bonchev–Trinajstić information content (AvgIpc) is 3.16. The molecule has 166 valence electrons. The largest absolute Gasteiger partial charge is 0.298 e. The van der Waals surface area contributed by atoms with Gasteiger partial charge in [-0.15, -0.1) is 10.2 Å². The summed E-state index contributed by atoms with van der Waals surface area (Å²) >= 11 is 7.66. The van der Waals surface area contributed by atoms with E-state index in [1.54, 1.807) is 37.3 Å². The number of nitrogens with one attached hydrogen (secondary N) is 1. The van der Waals surface area contributed by atoms with Crippen molar-refractivity contribution >= 4 is 69.7 Å². The minimum absolute atomic E-state index is 0.0298. The Hall–Kier alpha value is -3.48. The summed E-state index contributed by atoms with van der Waals surface area (Å²) in [5.74, 6) is -1.28. The van der Waals surface area contributed by atoms with Crippen LogP contribution in [0.1, 0.15) is 16.1 Å². The number of amides is 2. The van der Waals surface area contributed by atoms with Crippen LogP contribution < -0.4 is 10.2 Å². The monoisotopic (exact) mass is 497 g/mol. The lowest BCUT2D eigenvalue weighted by Crippen LogP contribution is -2.54. The third-order valence-electron chi connectivity index (χ3n) is 4.56. The minimum Gasteiger partial charge on any atom is -0.298 e. The molecule has 0 atom stereocenters. The van der Waals surface area contributed by atoms with Gasteiger partial charge >= 0.3 is 0 Å². The highest BCUT2D eigenvalue weighted by Crippen LogP contribution is 2.37. The molecule has 0 aliphatic carbocycles. The molecule has 0 saturated carbocycles. The molecule has 0 radical (unpaired) electrons. The summed E-state index contributed by atoms with van der Waals surface area (Å²) in [4.78, 5) is 38.4. The van der Waals surface area contributed by atoms with E-state index in [4.69, 9.17) is 12.2 Å². The molecule has 33 heavy (non-hydrogen) atoms. The maximum Gasteiger partial charge on any atom is 0.283 e. The highest BCUT2D eigenvalue weighted by molar-refractivity contribution is 8.01. The van der Waals surface area contributed by atoms with E-state index in [0.29, 0.717) is 20.5 Å². The Morgan fingerprint density at radius 2 is 1.97 bits per heavy atom. The lowest BCUT2D eigenvalue weighted by molar-refractivity contribution is -0.387. The van der Waals surface area contributed by atoms with Crippen LogP contribution in [0.25, 0.3) is 6.08 Å². The van der Waals surface area contributed by atoms with Crippen molar-refractivity contribution in [3.05, 3.63) is 74.3 Å². The molecule has 2 aromatic carbocycles. The first kappa shape index (κ1) is 22.7. The van der Waals surface area contributed by atoms with Crippen molar-refractivity contribution < 1.29 is 14.5 Å². The van der Waals surface area contributed by atoms with Crippen LogP contribution in [0.4, 0.5) is 11.4 Å². The van der Waals surface area contributed by atoms with Crippen LogP contribution in [0.5, 0.6) is 0 Å². The number of nitro benzene ring substituents is 1. The summed E-state index contributed by atoms with van der Waals surface area (Å²) in [5.41, 5.74) is 1.41. The Balaban J connectivity index is 1.70. The Morgan fingerprint density at radius 1 is 1.18 bits per heavy atom. The molecule has 1 aliphatic heterocycles.